The third kappa shape index (κ3) is 3.35. The van der Waals surface area contributed by atoms with Gasteiger partial charge in [0.15, 0.2) is 0 Å². The van der Waals surface area contributed by atoms with Crippen LogP contribution in [-0.4, -0.2) is 17.7 Å². The van der Waals surface area contributed by atoms with Gasteiger partial charge in [-0.15, -0.1) is 0 Å². The van der Waals surface area contributed by atoms with Gasteiger partial charge in [-0.3, -0.25) is 4.79 Å². The third-order valence-corrected chi connectivity index (χ3v) is 3.94. The minimum Gasteiger partial charge on any atom is -0.481 e. The summed E-state index contributed by atoms with van der Waals surface area (Å²) in [5.41, 5.74) is 1.94. The van der Waals surface area contributed by atoms with Crippen molar-refractivity contribution in [2.45, 2.75) is 45.6 Å². The first kappa shape index (κ1) is 14.1. The Bertz CT molecular complexity index is 451. The summed E-state index contributed by atoms with van der Waals surface area (Å²) < 4.78 is 5.93. The first-order chi connectivity index (χ1) is 9.00. The van der Waals surface area contributed by atoms with E-state index in [4.69, 9.17) is 9.84 Å². The molecule has 104 valence electrons. The van der Waals surface area contributed by atoms with Crippen LogP contribution in [0.2, 0.25) is 0 Å². The number of ether oxygens (including phenoxy) is 1. The van der Waals surface area contributed by atoms with Crippen molar-refractivity contribution in [3.63, 3.8) is 0 Å². The lowest BCUT2D eigenvalue weighted by Crippen LogP contribution is -2.26. The summed E-state index contributed by atoms with van der Waals surface area (Å²) >= 11 is 0. The van der Waals surface area contributed by atoms with E-state index in [0.717, 1.165) is 19.3 Å². The Kier molecular flexibility index (Phi) is 4.25. The minimum atomic E-state index is -0.764. The molecule has 1 atom stereocenters. The number of aryl methyl sites for hydroxylation is 1. The molecule has 3 heteroatoms. The molecule has 0 amide bonds. The maximum Gasteiger partial charge on any atom is 0.309 e. The van der Waals surface area contributed by atoms with E-state index in [9.17, 15) is 4.79 Å². The molecule has 0 fully saturated rings. The molecule has 0 radical (unpaired) electrons. The summed E-state index contributed by atoms with van der Waals surface area (Å²) in [6.07, 6.45) is 3.97. The van der Waals surface area contributed by atoms with Gasteiger partial charge in [-0.2, -0.15) is 0 Å². The highest BCUT2D eigenvalue weighted by Gasteiger charge is 2.28. The Labute approximate surface area is 114 Å². The maximum atomic E-state index is 11.0. The molecule has 3 nitrogen and oxygen atoms in total. The molecule has 1 aromatic carbocycles. The van der Waals surface area contributed by atoms with Gasteiger partial charge in [-0.05, 0) is 50.7 Å². The van der Waals surface area contributed by atoms with E-state index in [-0.39, 0.29) is 6.10 Å². The van der Waals surface area contributed by atoms with E-state index in [0.29, 0.717) is 13.0 Å². The number of fused-ring (bicyclic) bond motifs is 1. The van der Waals surface area contributed by atoms with Crippen LogP contribution in [-0.2, 0) is 16.0 Å². The van der Waals surface area contributed by atoms with E-state index >= 15 is 0 Å². The quantitative estimate of drug-likeness (QED) is 0.882. The number of aliphatic carboxylic acids is 1. The normalized spacial score (nSPS) is 18.9. The van der Waals surface area contributed by atoms with Crippen molar-refractivity contribution in [1.82, 2.24) is 0 Å². The summed E-state index contributed by atoms with van der Waals surface area (Å²) in [6.45, 7) is 3.99. The Morgan fingerprint density at radius 3 is 2.89 bits per heavy atom. The van der Waals surface area contributed by atoms with Crippen LogP contribution in [0.15, 0.2) is 24.3 Å². The van der Waals surface area contributed by atoms with Crippen LogP contribution in [0.4, 0.5) is 0 Å². The fraction of sp³-hybridized carbons (Fsp3) is 0.562. The Hall–Kier alpha value is -1.35. The third-order valence-electron chi connectivity index (χ3n) is 3.94. The van der Waals surface area contributed by atoms with Crippen molar-refractivity contribution in [2.75, 3.05) is 6.61 Å². The number of carbonyl (C=O) groups is 1. The van der Waals surface area contributed by atoms with Crippen molar-refractivity contribution in [3.05, 3.63) is 35.4 Å². The number of hydrogen-bond donors (Lipinski definition) is 1. The molecule has 0 saturated heterocycles. The first-order valence-corrected chi connectivity index (χ1v) is 6.93. The van der Waals surface area contributed by atoms with E-state index in [1.54, 1.807) is 13.8 Å². The molecule has 1 aliphatic rings. The molecular formula is C16H22O3. The Morgan fingerprint density at radius 2 is 2.16 bits per heavy atom. The SMILES string of the molecule is CC(C)(CCOC1CCCc2ccccc21)C(=O)O. The van der Waals surface area contributed by atoms with Crippen molar-refractivity contribution in [3.8, 4) is 0 Å². The predicted molar refractivity (Wildman–Crippen MR) is 74.1 cm³/mol. The molecule has 1 unspecified atom stereocenters. The first-order valence-electron chi connectivity index (χ1n) is 6.93. The standard InChI is InChI=1S/C16H22O3/c1-16(2,15(17)18)10-11-19-14-9-5-7-12-6-3-4-8-13(12)14/h3-4,6,8,14H,5,7,9-11H2,1-2H3,(H,17,18). The lowest BCUT2D eigenvalue weighted by atomic mass is 9.88. The van der Waals surface area contributed by atoms with E-state index < -0.39 is 11.4 Å². The van der Waals surface area contributed by atoms with Crippen LogP contribution in [0.3, 0.4) is 0 Å². The zero-order valence-corrected chi connectivity index (χ0v) is 11.7. The van der Waals surface area contributed by atoms with E-state index in [2.05, 4.69) is 18.2 Å². The monoisotopic (exact) mass is 262 g/mol. The fourth-order valence-electron chi connectivity index (χ4n) is 2.45. The van der Waals surface area contributed by atoms with E-state index in [1.807, 2.05) is 6.07 Å². The van der Waals surface area contributed by atoms with Gasteiger partial charge in [-0.1, -0.05) is 24.3 Å². The van der Waals surface area contributed by atoms with Crippen LogP contribution >= 0.6 is 0 Å². The highest BCUT2D eigenvalue weighted by atomic mass is 16.5. The van der Waals surface area contributed by atoms with Gasteiger partial charge in [0.1, 0.15) is 0 Å². The van der Waals surface area contributed by atoms with Crippen molar-refractivity contribution in [2.24, 2.45) is 5.41 Å². The molecule has 0 spiro atoms. The average Bonchev–Trinajstić information content (AvgIpc) is 2.38. The molecular weight excluding hydrogens is 240 g/mol. The molecule has 19 heavy (non-hydrogen) atoms. The second kappa shape index (κ2) is 5.74. The minimum absolute atomic E-state index is 0.134. The molecule has 1 N–H and O–H groups in total. The molecule has 0 saturated carbocycles. The van der Waals surface area contributed by atoms with Gasteiger partial charge in [-0.25, -0.2) is 0 Å². The molecule has 1 aliphatic carbocycles. The zero-order chi connectivity index (χ0) is 13.9. The fourth-order valence-corrected chi connectivity index (χ4v) is 2.45. The summed E-state index contributed by atoms with van der Waals surface area (Å²) in [6, 6.07) is 8.39. The molecule has 0 heterocycles. The van der Waals surface area contributed by atoms with Gasteiger partial charge in [0.25, 0.3) is 0 Å². The Balaban J connectivity index is 1.93. The topological polar surface area (TPSA) is 46.5 Å². The molecule has 0 aromatic heterocycles. The van der Waals surface area contributed by atoms with Gasteiger partial charge in [0, 0.05) is 6.61 Å². The summed E-state index contributed by atoms with van der Waals surface area (Å²) in [7, 11) is 0. The van der Waals surface area contributed by atoms with Crippen molar-refractivity contribution < 1.29 is 14.6 Å². The maximum absolute atomic E-state index is 11.0. The van der Waals surface area contributed by atoms with Gasteiger partial charge >= 0.3 is 5.97 Å². The molecule has 0 bridgehead atoms. The van der Waals surface area contributed by atoms with Crippen LogP contribution in [0.1, 0.15) is 50.3 Å². The number of rotatable bonds is 5. The number of benzene rings is 1. The summed E-state index contributed by atoms with van der Waals surface area (Å²) in [5.74, 6) is -0.764. The second-order valence-electron chi connectivity index (χ2n) is 5.89. The number of carboxylic acid groups (broad SMARTS) is 1. The van der Waals surface area contributed by atoms with E-state index in [1.165, 1.54) is 11.1 Å². The lowest BCUT2D eigenvalue weighted by Gasteiger charge is -2.27. The largest absolute Gasteiger partial charge is 0.481 e. The molecule has 1 aromatic rings. The summed E-state index contributed by atoms with van der Waals surface area (Å²) in [4.78, 5) is 11.0. The van der Waals surface area contributed by atoms with Crippen LogP contribution in [0.5, 0.6) is 0 Å². The van der Waals surface area contributed by atoms with Gasteiger partial charge in [0.05, 0.1) is 11.5 Å². The Morgan fingerprint density at radius 1 is 1.42 bits per heavy atom. The second-order valence-corrected chi connectivity index (χ2v) is 5.89. The highest BCUT2D eigenvalue weighted by molar-refractivity contribution is 5.73. The number of carboxylic acids is 1. The van der Waals surface area contributed by atoms with Crippen LogP contribution < -0.4 is 0 Å². The summed E-state index contributed by atoms with van der Waals surface area (Å²) in [5, 5.41) is 9.08. The lowest BCUT2D eigenvalue weighted by molar-refractivity contribution is -0.148. The smallest absolute Gasteiger partial charge is 0.309 e. The van der Waals surface area contributed by atoms with Gasteiger partial charge in [0.2, 0.25) is 0 Å². The molecule has 2 rings (SSSR count). The van der Waals surface area contributed by atoms with Gasteiger partial charge < -0.3 is 9.84 Å². The number of hydrogen-bond acceptors (Lipinski definition) is 2. The predicted octanol–water partition coefficient (Wildman–Crippen LogP) is 3.58. The highest BCUT2D eigenvalue weighted by Crippen LogP contribution is 2.33. The molecule has 0 aliphatic heterocycles. The average molecular weight is 262 g/mol. The zero-order valence-electron chi connectivity index (χ0n) is 11.7. The van der Waals surface area contributed by atoms with Crippen LogP contribution in [0, 0.1) is 5.41 Å². The van der Waals surface area contributed by atoms with Crippen LogP contribution in [0.25, 0.3) is 0 Å². The van der Waals surface area contributed by atoms with Crippen molar-refractivity contribution >= 4 is 5.97 Å². The van der Waals surface area contributed by atoms with Crippen molar-refractivity contribution in [1.29, 1.82) is 0 Å².